The molecule has 2 aromatic carbocycles. The smallest absolute Gasteiger partial charge is 0.387 e. The zero-order valence-electron chi connectivity index (χ0n) is 16.3. The Morgan fingerprint density at radius 1 is 1.03 bits per heavy atom. The van der Waals surface area contributed by atoms with Gasteiger partial charge in [0, 0.05) is 19.6 Å². The Morgan fingerprint density at radius 2 is 1.67 bits per heavy atom. The van der Waals surface area contributed by atoms with Gasteiger partial charge < -0.3 is 10.1 Å². The molecule has 1 fully saturated rings. The molecule has 0 aliphatic carbocycles. The number of benzene rings is 2. The van der Waals surface area contributed by atoms with E-state index in [-0.39, 0.29) is 23.2 Å². The van der Waals surface area contributed by atoms with Crippen molar-refractivity contribution in [2.24, 2.45) is 0 Å². The molecular formula is C21H24F2N2O4S. The van der Waals surface area contributed by atoms with E-state index in [2.05, 4.69) is 10.1 Å². The molecule has 1 saturated heterocycles. The monoisotopic (exact) mass is 438 g/mol. The normalized spacial score (nSPS) is 17.4. The molecular weight excluding hydrogens is 414 g/mol. The highest BCUT2D eigenvalue weighted by atomic mass is 32.2. The standard InChI is InChI=1S/C21H24F2N2O4S/c22-21(23)29-18-8-6-16(7-9-18)10-11-24-20(26)19(17-4-2-1-3-5-17)25-12-14-30(27,28)15-13-25/h1-9,19,21H,10-15H2,(H,24,26). The average molecular weight is 438 g/mol. The summed E-state index contributed by atoms with van der Waals surface area (Å²) in [6.45, 7) is -1.89. The highest BCUT2D eigenvalue weighted by molar-refractivity contribution is 7.91. The number of carbonyl (C=O) groups excluding carboxylic acids is 1. The van der Waals surface area contributed by atoms with Crippen LogP contribution in [0.25, 0.3) is 0 Å². The second-order valence-corrected chi connectivity index (χ2v) is 9.37. The van der Waals surface area contributed by atoms with E-state index in [9.17, 15) is 22.0 Å². The second-order valence-electron chi connectivity index (χ2n) is 7.06. The predicted molar refractivity (Wildman–Crippen MR) is 109 cm³/mol. The van der Waals surface area contributed by atoms with Crippen LogP contribution in [0, 0.1) is 0 Å². The Labute approximate surface area is 174 Å². The van der Waals surface area contributed by atoms with Gasteiger partial charge in [0.25, 0.3) is 0 Å². The van der Waals surface area contributed by atoms with Crippen molar-refractivity contribution in [3.63, 3.8) is 0 Å². The fourth-order valence-electron chi connectivity index (χ4n) is 3.41. The second kappa shape index (κ2) is 9.99. The number of hydrogen-bond donors (Lipinski definition) is 1. The largest absolute Gasteiger partial charge is 0.435 e. The van der Waals surface area contributed by atoms with Crippen molar-refractivity contribution in [3.8, 4) is 5.75 Å². The van der Waals surface area contributed by atoms with Crippen LogP contribution in [0.2, 0.25) is 0 Å². The van der Waals surface area contributed by atoms with Crippen LogP contribution in [-0.4, -0.2) is 57.0 Å². The first-order chi connectivity index (χ1) is 14.3. The molecule has 1 aliphatic rings. The summed E-state index contributed by atoms with van der Waals surface area (Å²) in [6.07, 6.45) is 0.524. The van der Waals surface area contributed by atoms with Gasteiger partial charge in [0.05, 0.1) is 11.5 Å². The van der Waals surface area contributed by atoms with Crippen LogP contribution in [0.5, 0.6) is 5.75 Å². The number of carbonyl (C=O) groups is 1. The lowest BCUT2D eigenvalue weighted by Gasteiger charge is -2.33. The molecule has 0 radical (unpaired) electrons. The number of alkyl halides is 2. The summed E-state index contributed by atoms with van der Waals surface area (Å²) < 4.78 is 52.3. The lowest BCUT2D eigenvalue weighted by atomic mass is 10.0. The zero-order chi connectivity index (χ0) is 21.6. The van der Waals surface area contributed by atoms with Crippen LogP contribution in [-0.2, 0) is 21.1 Å². The summed E-state index contributed by atoms with van der Waals surface area (Å²) in [7, 11) is -3.05. The van der Waals surface area contributed by atoms with E-state index >= 15 is 0 Å². The van der Waals surface area contributed by atoms with Crippen LogP contribution in [0.1, 0.15) is 17.2 Å². The number of amides is 1. The van der Waals surface area contributed by atoms with Gasteiger partial charge in [-0.15, -0.1) is 0 Å². The highest BCUT2D eigenvalue weighted by Gasteiger charge is 2.32. The average Bonchev–Trinajstić information content (AvgIpc) is 2.71. The molecule has 1 unspecified atom stereocenters. The molecule has 0 aromatic heterocycles. The maximum atomic E-state index is 13.0. The molecule has 30 heavy (non-hydrogen) atoms. The van der Waals surface area contributed by atoms with Gasteiger partial charge in [-0.3, -0.25) is 9.69 Å². The van der Waals surface area contributed by atoms with Gasteiger partial charge in [0.15, 0.2) is 9.84 Å². The Morgan fingerprint density at radius 3 is 2.27 bits per heavy atom. The summed E-state index contributed by atoms with van der Waals surface area (Å²) in [5.74, 6) is -0.0343. The van der Waals surface area contributed by atoms with Crippen LogP contribution < -0.4 is 10.1 Å². The first kappa shape index (κ1) is 22.2. The first-order valence-corrected chi connectivity index (χ1v) is 11.5. The quantitative estimate of drug-likeness (QED) is 0.685. The molecule has 0 bridgehead atoms. The van der Waals surface area contributed by atoms with Gasteiger partial charge in [-0.25, -0.2) is 8.42 Å². The molecule has 0 saturated carbocycles. The van der Waals surface area contributed by atoms with Crippen LogP contribution in [0.15, 0.2) is 54.6 Å². The summed E-state index contributed by atoms with van der Waals surface area (Å²) in [6, 6.07) is 15.0. The van der Waals surface area contributed by atoms with E-state index in [1.807, 2.05) is 35.2 Å². The number of hydrogen-bond acceptors (Lipinski definition) is 5. The van der Waals surface area contributed by atoms with Gasteiger partial charge >= 0.3 is 6.61 Å². The molecule has 6 nitrogen and oxygen atoms in total. The number of halogens is 2. The Bertz CT molecular complexity index is 923. The number of sulfone groups is 1. The van der Waals surface area contributed by atoms with E-state index in [1.165, 1.54) is 12.1 Å². The highest BCUT2D eigenvalue weighted by Crippen LogP contribution is 2.23. The molecule has 0 spiro atoms. The van der Waals surface area contributed by atoms with Crippen LogP contribution >= 0.6 is 0 Å². The number of rotatable bonds is 8. The van der Waals surface area contributed by atoms with Crippen LogP contribution in [0.4, 0.5) is 8.78 Å². The summed E-state index contributed by atoms with van der Waals surface area (Å²) in [5.41, 5.74) is 1.68. The van der Waals surface area contributed by atoms with E-state index < -0.39 is 22.5 Å². The number of ether oxygens (including phenoxy) is 1. The fourth-order valence-corrected chi connectivity index (χ4v) is 4.64. The Kier molecular flexibility index (Phi) is 7.38. The number of nitrogens with zero attached hydrogens (tertiary/aromatic N) is 1. The fraction of sp³-hybridized carbons (Fsp3) is 0.381. The topological polar surface area (TPSA) is 75.7 Å². The third kappa shape index (κ3) is 6.24. The SMILES string of the molecule is O=C(NCCc1ccc(OC(F)F)cc1)C(c1ccccc1)N1CCS(=O)(=O)CC1. The van der Waals surface area contributed by atoms with Gasteiger partial charge in [0.1, 0.15) is 11.8 Å². The van der Waals surface area contributed by atoms with Crippen molar-refractivity contribution in [2.45, 2.75) is 19.1 Å². The molecule has 1 atom stereocenters. The maximum Gasteiger partial charge on any atom is 0.387 e. The molecule has 9 heteroatoms. The van der Waals surface area contributed by atoms with Crippen molar-refractivity contribution in [2.75, 3.05) is 31.1 Å². The minimum Gasteiger partial charge on any atom is -0.435 e. The van der Waals surface area contributed by atoms with Crippen molar-refractivity contribution >= 4 is 15.7 Å². The maximum absolute atomic E-state index is 13.0. The minimum absolute atomic E-state index is 0.0383. The van der Waals surface area contributed by atoms with E-state index in [1.54, 1.807) is 12.1 Å². The van der Waals surface area contributed by atoms with Crippen molar-refractivity contribution in [1.82, 2.24) is 10.2 Å². The number of nitrogens with one attached hydrogen (secondary N) is 1. The van der Waals surface area contributed by atoms with E-state index in [0.29, 0.717) is 26.1 Å². The van der Waals surface area contributed by atoms with Crippen molar-refractivity contribution in [1.29, 1.82) is 0 Å². The van der Waals surface area contributed by atoms with Gasteiger partial charge in [0.2, 0.25) is 5.91 Å². The summed E-state index contributed by atoms with van der Waals surface area (Å²) in [4.78, 5) is 14.9. The molecule has 162 valence electrons. The zero-order valence-corrected chi connectivity index (χ0v) is 17.2. The van der Waals surface area contributed by atoms with Gasteiger partial charge in [-0.1, -0.05) is 42.5 Å². The van der Waals surface area contributed by atoms with Gasteiger partial charge in [-0.2, -0.15) is 8.78 Å². The molecule has 3 rings (SSSR count). The van der Waals surface area contributed by atoms with E-state index in [4.69, 9.17) is 0 Å². The minimum atomic E-state index is -3.05. The molecule has 1 aliphatic heterocycles. The molecule has 1 N–H and O–H groups in total. The van der Waals surface area contributed by atoms with Crippen LogP contribution in [0.3, 0.4) is 0 Å². The lowest BCUT2D eigenvalue weighted by Crippen LogP contribution is -2.47. The Balaban J connectivity index is 1.61. The molecule has 1 heterocycles. The van der Waals surface area contributed by atoms with Gasteiger partial charge in [-0.05, 0) is 29.7 Å². The first-order valence-electron chi connectivity index (χ1n) is 9.65. The summed E-state index contributed by atoms with van der Waals surface area (Å²) >= 11 is 0. The van der Waals surface area contributed by atoms with Crippen molar-refractivity contribution in [3.05, 3.63) is 65.7 Å². The summed E-state index contributed by atoms with van der Waals surface area (Å²) in [5, 5.41) is 2.91. The van der Waals surface area contributed by atoms with Crippen molar-refractivity contribution < 1.29 is 26.7 Å². The molecule has 1 amide bonds. The van der Waals surface area contributed by atoms with E-state index in [0.717, 1.165) is 11.1 Å². The predicted octanol–water partition coefficient (Wildman–Crippen LogP) is 2.42. The third-order valence-electron chi connectivity index (χ3n) is 4.97. The Hall–Kier alpha value is -2.52. The lowest BCUT2D eigenvalue weighted by molar-refractivity contribution is -0.126. The molecule has 2 aromatic rings. The third-order valence-corrected chi connectivity index (χ3v) is 6.58.